The van der Waals surface area contributed by atoms with Crippen LogP contribution in [0.1, 0.15) is 54.9 Å². The van der Waals surface area contributed by atoms with Crippen molar-refractivity contribution in [3.8, 4) is 0 Å². The number of esters is 1. The molecule has 0 bridgehead atoms. The lowest BCUT2D eigenvalue weighted by molar-refractivity contribution is -0.148. The number of hydrogen-bond donors (Lipinski definition) is 0. The molecule has 1 aliphatic carbocycles. The monoisotopic (exact) mass is 379 g/mol. The molecule has 0 aromatic heterocycles. The van der Waals surface area contributed by atoms with Crippen molar-refractivity contribution in [1.82, 2.24) is 0 Å². The van der Waals surface area contributed by atoms with Crippen LogP contribution in [0, 0.1) is 5.92 Å². The lowest BCUT2D eigenvalue weighted by Crippen LogP contribution is -2.30. The van der Waals surface area contributed by atoms with Gasteiger partial charge in [0, 0.05) is 12.1 Å². The van der Waals surface area contributed by atoms with Crippen LogP contribution in [-0.2, 0) is 26.0 Å². The number of carbonyl (C=O) groups excluding carboxylic acids is 2. The summed E-state index contributed by atoms with van der Waals surface area (Å²) in [6.45, 7) is 1.76. The van der Waals surface area contributed by atoms with Crippen molar-refractivity contribution >= 4 is 27.5 Å². The zero-order valence-corrected chi connectivity index (χ0v) is 15.9. The van der Waals surface area contributed by atoms with Crippen LogP contribution >= 0.6 is 0 Å². The molecule has 26 heavy (non-hydrogen) atoms. The van der Waals surface area contributed by atoms with Gasteiger partial charge in [0.1, 0.15) is 0 Å². The molecule has 142 valence electrons. The van der Waals surface area contributed by atoms with Gasteiger partial charge in [-0.15, -0.1) is 0 Å². The quantitative estimate of drug-likeness (QED) is 0.561. The topological polar surface area (TPSA) is 80.8 Å². The smallest absolute Gasteiger partial charge is 0.309 e. The summed E-state index contributed by atoms with van der Waals surface area (Å²) in [7, 11) is -3.30. The van der Waals surface area contributed by atoms with Crippen LogP contribution in [0.4, 0.5) is 5.69 Å². The molecule has 0 radical (unpaired) electrons. The second-order valence-corrected chi connectivity index (χ2v) is 9.11. The summed E-state index contributed by atoms with van der Waals surface area (Å²) in [6, 6.07) is 5.00. The Kier molecular flexibility index (Phi) is 5.65. The van der Waals surface area contributed by atoms with E-state index in [1.165, 1.54) is 4.31 Å². The molecular formula is C19H25NO5S. The van der Waals surface area contributed by atoms with Crippen molar-refractivity contribution in [2.45, 2.75) is 45.4 Å². The average Bonchev–Trinajstić information content (AvgIpc) is 3.10. The summed E-state index contributed by atoms with van der Waals surface area (Å²) in [4.78, 5) is 24.4. The number of nitrogens with zero attached hydrogens (tertiary/aromatic N) is 1. The fraction of sp³-hybridized carbons (Fsp3) is 0.579. The van der Waals surface area contributed by atoms with E-state index in [2.05, 4.69) is 0 Å². The van der Waals surface area contributed by atoms with Crippen LogP contribution in [0.25, 0.3) is 0 Å². The van der Waals surface area contributed by atoms with Gasteiger partial charge in [-0.3, -0.25) is 13.9 Å². The lowest BCUT2D eigenvalue weighted by Gasteiger charge is -2.20. The van der Waals surface area contributed by atoms with Crippen molar-refractivity contribution in [3.63, 3.8) is 0 Å². The molecule has 1 saturated carbocycles. The van der Waals surface area contributed by atoms with Gasteiger partial charge in [0.05, 0.1) is 17.4 Å². The minimum atomic E-state index is -3.30. The Hall–Kier alpha value is -1.89. The largest absolute Gasteiger partial charge is 0.457 e. The average molecular weight is 379 g/mol. The molecule has 1 aromatic rings. The Labute approximate surface area is 154 Å². The van der Waals surface area contributed by atoms with E-state index in [-0.39, 0.29) is 30.0 Å². The Morgan fingerprint density at radius 3 is 2.62 bits per heavy atom. The fourth-order valence-electron chi connectivity index (χ4n) is 3.67. The van der Waals surface area contributed by atoms with Gasteiger partial charge in [-0.2, -0.15) is 0 Å². The molecule has 0 atom stereocenters. The number of benzene rings is 1. The van der Waals surface area contributed by atoms with Gasteiger partial charge < -0.3 is 4.74 Å². The van der Waals surface area contributed by atoms with Crippen molar-refractivity contribution in [3.05, 3.63) is 29.3 Å². The summed E-state index contributed by atoms with van der Waals surface area (Å²) >= 11 is 0. The van der Waals surface area contributed by atoms with E-state index in [0.717, 1.165) is 37.7 Å². The highest BCUT2D eigenvalue weighted by Crippen LogP contribution is 2.31. The molecule has 1 aromatic carbocycles. The second kappa shape index (κ2) is 7.78. The number of rotatable bonds is 6. The Morgan fingerprint density at radius 1 is 1.19 bits per heavy atom. The van der Waals surface area contributed by atoms with E-state index < -0.39 is 10.0 Å². The van der Waals surface area contributed by atoms with Crippen molar-refractivity contribution in [1.29, 1.82) is 0 Å². The molecule has 0 saturated heterocycles. The molecule has 2 aliphatic rings. The van der Waals surface area contributed by atoms with E-state index in [1.54, 1.807) is 25.1 Å². The number of hydrogen-bond acceptors (Lipinski definition) is 5. The first-order chi connectivity index (χ1) is 12.4. The fourth-order valence-corrected chi connectivity index (χ4v) is 4.82. The number of Topliss-reactive ketones (excluding diaryl/α,β-unsaturated/α-hetero) is 1. The zero-order valence-electron chi connectivity index (χ0n) is 15.1. The molecule has 1 fully saturated rings. The number of ketones is 1. The summed E-state index contributed by atoms with van der Waals surface area (Å²) in [6.07, 6.45) is 5.49. The predicted octanol–water partition coefficient (Wildman–Crippen LogP) is 2.71. The van der Waals surface area contributed by atoms with Crippen LogP contribution < -0.4 is 4.31 Å². The number of fused-ring (bicyclic) bond motifs is 1. The summed E-state index contributed by atoms with van der Waals surface area (Å²) in [5.74, 6) is -0.567. The number of ether oxygens (including phenoxy) is 1. The first-order valence-electron chi connectivity index (χ1n) is 9.25. The summed E-state index contributed by atoms with van der Waals surface area (Å²) in [5, 5.41) is 0. The van der Waals surface area contributed by atoms with Crippen molar-refractivity contribution in [2.75, 3.05) is 23.2 Å². The molecular weight excluding hydrogens is 354 g/mol. The molecule has 0 spiro atoms. The van der Waals surface area contributed by atoms with E-state index >= 15 is 0 Å². The first-order valence-corrected chi connectivity index (χ1v) is 10.9. The van der Waals surface area contributed by atoms with Gasteiger partial charge in [-0.25, -0.2) is 8.42 Å². The van der Waals surface area contributed by atoms with Crippen LogP contribution in [0.15, 0.2) is 18.2 Å². The number of sulfonamides is 1. The van der Waals surface area contributed by atoms with E-state index in [9.17, 15) is 18.0 Å². The van der Waals surface area contributed by atoms with Gasteiger partial charge in [0.2, 0.25) is 10.0 Å². The highest BCUT2D eigenvalue weighted by molar-refractivity contribution is 7.92. The minimum absolute atomic E-state index is 0.0459. The minimum Gasteiger partial charge on any atom is -0.457 e. The van der Waals surface area contributed by atoms with Crippen LogP contribution in [0.3, 0.4) is 0 Å². The molecule has 6 nitrogen and oxygen atoms in total. The number of carbonyl (C=O) groups is 2. The molecule has 3 rings (SSSR count). The van der Waals surface area contributed by atoms with Gasteiger partial charge in [-0.1, -0.05) is 19.3 Å². The van der Waals surface area contributed by atoms with Gasteiger partial charge >= 0.3 is 5.97 Å². The maximum Gasteiger partial charge on any atom is 0.309 e. The lowest BCUT2D eigenvalue weighted by atomic mass is 9.89. The molecule has 0 amide bonds. The molecule has 0 unspecified atom stereocenters. The maximum absolute atomic E-state index is 12.4. The van der Waals surface area contributed by atoms with E-state index in [0.29, 0.717) is 24.2 Å². The van der Waals surface area contributed by atoms with E-state index in [1.807, 2.05) is 0 Å². The van der Waals surface area contributed by atoms with Crippen molar-refractivity contribution < 1.29 is 22.7 Å². The molecule has 0 N–H and O–H groups in total. The second-order valence-electron chi connectivity index (χ2n) is 6.93. The predicted molar refractivity (Wildman–Crippen MR) is 98.8 cm³/mol. The van der Waals surface area contributed by atoms with Gasteiger partial charge in [0.15, 0.2) is 12.4 Å². The molecule has 1 heterocycles. The highest BCUT2D eigenvalue weighted by atomic mass is 32.2. The van der Waals surface area contributed by atoms with Crippen LogP contribution in [0.5, 0.6) is 0 Å². The van der Waals surface area contributed by atoms with Crippen LogP contribution in [-0.4, -0.2) is 39.1 Å². The standard InChI is InChI=1S/C19H25NO5S/c1-2-26(23,24)20-11-10-15-12-16(8-9-17(15)20)18(21)13-25-19(22)14-6-4-3-5-7-14/h8-9,12,14H,2-7,10-11,13H2,1H3. The first kappa shape index (κ1) is 18.9. The normalized spacial score (nSPS) is 17.8. The number of anilines is 1. The SMILES string of the molecule is CCS(=O)(=O)N1CCc2cc(C(=O)COC(=O)C3CCCCC3)ccc21. The maximum atomic E-state index is 12.4. The Balaban J connectivity index is 1.63. The van der Waals surface area contributed by atoms with Gasteiger partial charge in [-0.05, 0) is 49.9 Å². The summed E-state index contributed by atoms with van der Waals surface area (Å²) < 4.78 is 30.8. The Bertz CT molecular complexity index is 796. The third-order valence-corrected chi connectivity index (χ3v) is 7.02. The molecule has 1 aliphatic heterocycles. The van der Waals surface area contributed by atoms with Crippen LogP contribution in [0.2, 0.25) is 0 Å². The van der Waals surface area contributed by atoms with E-state index in [4.69, 9.17) is 4.74 Å². The Morgan fingerprint density at radius 2 is 1.92 bits per heavy atom. The molecule has 7 heteroatoms. The van der Waals surface area contributed by atoms with Crippen molar-refractivity contribution in [2.24, 2.45) is 5.92 Å². The third kappa shape index (κ3) is 3.92. The van der Waals surface area contributed by atoms with Gasteiger partial charge in [0.25, 0.3) is 0 Å². The zero-order chi connectivity index (χ0) is 18.7. The third-order valence-electron chi connectivity index (χ3n) is 5.24. The highest BCUT2D eigenvalue weighted by Gasteiger charge is 2.29. The summed E-state index contributed by atoms with van der Waals surface area (Å²) in [5.41, 5.74) is 1.94.